The second-order valence-electron chi connectivity index (χ2n) is 4.02. The van der Waals surface area contributed by atoms with Crippen LogP contribution < -0.4 is 5.73 Å². The van der Waals surface area contributed by atoms with E-state index in [1.165, 1.54) is 7.11 Å². The summed E-state index contributed by atoms with van der Waals surface area (Å²) in [4.78, 5) is 21.5. The maximum atomic E-state index is 11.1. The van der Waals surface area contributed by atoms with Gasteiger partial charge in [-0.2, -0.15) is 0 Å². The lowest BCUT2D eigenvalue weighted by Gasteiger charge is -2.11. The van der Waals surface area contributed by atoms with Crippen LogP contribution in [0, 0.1) is 0 Å². The van der Waals surface area contributed by atoms with Crippen molar-refractivity contribution in [2.75, 3.05) is 7.11 Å². The summed E-state index contributed by atoms with van der Waals surface area (Å²) in [5.74, 6) is -1.17. The number of benzene rings is 1. The number of nitrogens with two attached hydrogens (primary N) is 1. The van der Waals surface area contributed by atoms with Crippen LogP contribution in [0.4, 0.5) is 0 Å². The van der Waals surface area contributed by atoms with Crippen LogP contribution in [0.15, 0.2) is 24.3 Å². The number of aliphatic carboxylic acids is 1. The Balaban J connectivity index is 2.58. The molecule has 1 atom stereocenters. The van der Waals surface area contributed by atoms with E-state index in [9.17, 15) is 9.59 Å². The summed E-state index contributed by atoms with van der Waals surface area (Å²) in [6.07, 6.45) is 0.723. The Hall–Kier alpha value is -1.88. The molecule has 0 unspecified atom stereocenters. The fraction of sp³-hybridized carbons (Fsp3) is 0.385. The molecule has 1 aromatic carbocycles. The van der Waals surface area contributed by atoms with Gasteiger partial charge in [0.25, 0.3) is 0 Å². The van der Waals surface area contributed by atoms with Crippen molar-refractivity contribution in [3.05, 3.63) is 35.4 Å². The number of carbonyl (C=O) groups is 2. The number of hydrogen-bond acceptors (Lipinski definition) is 4. The molecule has 0 aliphatic carbocycles. The Morgan fingerprint density at radius 2 is 1.94 bits per heavy atom. The van der Waals surface area contributed by atoms with Gasteiger partial charge in [-0.25, -0.2) is 0 Å². The number of hydrogen-bond donors (Lipinski definition) is 2. The van der Waals surface area contributed by atoms with E-state index < -0.39 is 12.0 Å². The number of carboxylic acid groups (broad SMARTS) is 1. The third-order valence-electron chi connectivity index (χ3n) is 2.65. The zero-order chi connectivity index (χ0) is 13.5. The summed E-state index contributed by atoms with van der Waals surface area (Å²) < 4.78 is 4.55. The van der Waals surface area contributed by atoms with Crippen LogP contribution in [-0.2, 0) is 20.7 Å². The predicted octanol–water partition coefficient (Wildman–Crippen LogP) is 1.27. The zero-order valence-electron chi connectivity index (χ0n) is 10.3. The maximum absolute atomic E-state index is 11.1. The van der Waals surface area contributed by atoms with Gasteiger partial charge in [0.15, 0.2) is 0 Å². The molecule has 1 rings (SSSR count). The normalized spacial score (nSPS) is 11.9. The van der Waals surface area contributed by atoms with Gasteiger partial charge in [0.1, 0.15) is 0 Å². The van der Waals surface area contributed by atoms with Gasteiger partial charge in [0.05, 0.1) is 13.5 Å². The minimum absolute atomic E-state index is 0.105. The topological polar surface area (TPSA) is 89.6 Å². The first-order valence-corrected chi connectivity index (χ1v) is 5.66. The van der Waals surface area contributed by atoms with Crippen molar-refractivity contribution in [1.29, 1.82) is 0 Å². The Kier molecular flexibility index (Phi) is 5.32. The first kappa shape index (κ1) is 14.2. The van der Waals surface area contributed by atoms with Gasteiger partial charge in [-0.1, -0.05) is 24.3 Å². The van der Waals surface area contributed by atoms with E-state index in [0.29, 0.717) is 6.42 Å². The van der Waals surface area contributed by atoms with E-state index in [1.807, 2.05) is 24.3 Å². The van der Waals surface area contributed by atoms with Crippen molar-refractivity contribution in [3.8, 4) is 0 Å². The molecule has 0 fully saturated rings. The van der Waals surface area contributed by atoms with Crippen LogP contribution in [0.25, 0.3) is 0 Å². The summed E-state index contributed by atoms with van der Waals surface area (Å²) >= 11 is 0. The standard InChI is InChI=1S/C13H17NO4/c1-18-13(17)8-11(14)10-5-2-9(3-6-10)4-7-12(15)16/h2-3,5-6,11H,4,7-8,14H2,1H3,(H,15,16)/t11-/m1/s1. The number of carbonyl (C=O) groups excluding carboxylic acids is 1. The molecule has 5 heteroatoms. The van der Waals surface area contributed by atoms with E-state index >= 15 is 0 Å². The van der Waals surface area contributed by atoms with E-state index in [-0.39, 0.29) is 18.8 Å². The molecule has 5 nitrogen and oxygen atoms in total. The number of esters is 1. The number of ether oxygens (including phenoxy) is 1. The first-order chi connectivity index (χ1) is 8.52. The van der Waals surface area contributed by atoms with Crippen molar-refractivity contribution in [2.45, 2.75) is 25.3 Å². The fourth-order valence-electron chi connectivity index (χ4n) is 1.56. The Morgan fingerprint density at radius 1 is 1.33 bits per heavy atom. The van der Waals surface area contributed by atoms with Gasteiger partial charge in [0.2, 0.25) is 0 Å². The number of methoxy groups -OCH3 is 1. The third-order valence-corrected chi connectivity index (χ3v) is 2.65. The van der Waals surface area contributed by atoms with Crippen LogP contribution in [0.5, 0.6) is 0 Å². The van der Waals surface area contributed by atoms with Crippen molar-refractivity contribution in [3.63, 3.8) is 0 Å². The molecule has 0 spiro atoms. The van der Waals surface area contributed by atoms with Crippen LogP contribution >= 0.6 is 0 Å². The Labute approximate surface area is 106 Å². The Morgan fingerprint density at radius 3 is 2.44 bits per heavy atom. The summed E-state index contributed by atoms with van der Waals surface area (Å²) in [6.45, 7) is 0. The van der Waals surface area contributed by atoms with E-state index in [1.54, 1.807) is 0 Å². The molecule has 0 radical (unpaired) electrons. The number of rotatable bonds is 6. The highest BCUT2D eigenvalue weighted by Crippen LogP contribution is 2.16. The SMILES string of the molecule is COC(=O)C[C@@H](N)c1ccc(CCC(=O)O)cc1. The molecule has 0 amide bonds. The molecule has 0 saturated heterocycles. The molecular formula is C13H17NO4. The summed E-state index contributed by atoms with van der Waals surface area (Å²) in [6, 6.07) is 6.88. The van der Waals surface area contributed by atoms with Crippen molar-refractivity contribution >= 4 is 11.9 Å². The lowest BCUT2D eigenvalue weighted by molar-refractivity contribution is -0.141. The largest absolute Gasteiger partial charge is 0.481 e. The highest BCUT2D eigenvalue weighted by atomic mass is 16.5. The average Bonchev–Trinajstić information content (AvgIpc) is 2.36. The van der Waals surface area contributed by atoms with Crippen LogP contribution in [0.3, 0.4) is 0 Å². The molecule has 1 aromatic rings. The lowest BCUT2D eigenvalue weighted by Crippen LogP contribution is -2.16. The molecular weight excluding hydrogens is 234 g/mol. The van der Waals surface area contributed by atoms with E-state index in [0.717, 1.165) is 11.1 Å². The predicted molar refractivity (Wildman–Crippen MR) is 66.0 cm³/mol. The summed E-state index contributed by atoms with van der Waals surface area (Å²) in [7, 11) is 1.32. The molecule has 3 N–H and O–H groups in total. The first-order valence-electron chi connectivity index (χ1n) is 5.66. The molecule has 0 bridgehead atoms. The van der Waals surface area contributed by atoms with E-state index in [4.69, 9.17) is 10.8 Å². The van der Waals surface area contributed by atoms with Gasteiger partial charge in [-0.3, -0.25) is 9.59 Å². The van der Waals surface area contributed by atoms with Crippen LogP contribution in [0.1, 0.15) is 30.0 Å². The monoisotopic (exact) mass is 251 g/mol. The Bertz CT molecular complexity index is 414. The number of carboxylic acids is 1. The average molecular weight is 251 g/mol. The highest BCUT2D eigenvalue weighted by molar-refractivity contribution is 5.70. The maximum Gasteiger partial charge on any atom is 0.307 e. The quantitative estimate of drug-likeness (QED) is 0.743. The molecule has 98 valence electrons. The zero-order valence-corrected chi connectivity index (χ0v) is 10.3. The second kappa shape index (κ2) is 6.76. The van der Waals surface area contributed by atoms with Gasteiger partial charge in [-0.05, 0) is 17.5 Å². The van der Waals surface area contributed by atoms with Gasteiger partial charge < -0.3 is 15.6 Å². The highest BCUT2D eigenvalue weighted by Gasteiger charge is 2.11. The van der Waals surface area contributed by atoms with Crippen molar-refractivity contribution in [1.82, 2.24) is 0 Å². The van der Waals surface area contributed by atoms with Gasteiger partial charge in [-0.15, -0.1) is 0 Å². The fourth-order valence-corrected chi connectivity index (χ4v) is 1.56. The molecule has 0 aliphatic heterocycles. The lowest BCUT2D eigenvalue weighted by atomic mass is 10.0. The molecule has 0 saturated carbocycles. The van der Waals surface area contributed by atoms with Crippen molar-refractivity contribution in [2.24, 2.45) is 5.73 Å². The van der Waals surface area contributed by atoms with Gasteiger partial charge >= 0.3 is 11.9 Å². The minimum atomic E-state index is -0.818. The summed E-state index contributed by atoms with van der Waals surface area (Å²) in [5, 5.41) is 8.57. The smallest absolute Gasteiger partial charge is 0.307 e. The second-order valence-corrected chi connectivity index (χ2v) is 4.02. The molecule has 0 aliphatic rings. The summed E-state index contributed by atoms with van der Waals surface area (Å²) in [5.41, 5.74) is 7.62. The van der Waals surface area contributed by atoms with Gasteiger partial charge in [0, 0.05) is 12.5 Å². The minimum Gasteiger partial charge on any atom is -0.481 e. The van der Waals surface area contributed by atoms with Crippen molar-refractivity contribution < 1.29 is 19.4 Å². The molecule has 0 heterocycles. The van der Waals surface area contributed by atoms with Crippen LogP contribution in [0.2, 0.25) is 0 Å². The van der Waals surface area contributed by atoms with E-state index in [2.05, 4.69) is 4.74 Å². The number of aryl methyl sites for hydroxylation is 1. The molecule has 0 aromatic heterocycles. The van der Waals surface area contributed by atoms with Crippen LogP contribution in [-0.4, -0.2) is 24.2 Å². The third kappa shape index (κ3) is 4.55. The molecule has 18 heavy (non-hydrogen) atoms.